The number of rotatable bonds is 14. The summed E-state index contributed by atoms with van der Waals surface area (Å²) in [6.45, 7) is 0. The SMILES string of the molecule is O=C(Nc1cc(S(=O)(=O)O)cc2cc(S(=O)(=O)O)c(N=Nc3ccc(Nc4ccc(N=Nc5c(S(=O)(=O)O)cc6cc(S(=O)(=O)O)cc(NC(=O)c7ccccc7)c6c5O)cc4)cc3)c(O)c12)c1ccccc1. The molecule has 8 aromatic carbocycles. The Morgan fingerprint density at radius 1 is 0.411 bits per heavy atom. The predicted octanol–water partition coefficient (Wildman–Crippen LogP) is 9.47. The number of hydrogen-bond acceptors (Lipinski definition) is 17. The quantitative estimate of drug-likeness (QED) is 0.0361. The summed E-state index contributed by atoms with van der Waals surface area (Å²) in [5.74, 6) is -3.42. The fourth-order valence-corrected chi connectivity index (χ4v) is 9.58. The summed E-state index contributed by atoms with van der Waals surface area (Å²) in [5.41, 5.74) is -1.00. The number of azo groups is 2. The van der Waals surface area contributed by atoms with Crippen LogP contribution in [0.2, 0.25) is 0 Å². The number of nitrogens with zero attached hydrogens (tertiary/aromatic N) is 4. The first-order valence-electron chi connectivity index (χ1n) is 20.5. The van der Waals surface area contributed by atoms with Crippen LogP contribution in [0.1, 0.15) is 20.7 Å². The molecule has 0 heterocycles. The molecule has 0 saturated heterocycles. The minimum Gasteiger partial charge on any atom is -0.505 e. The van der Waals surface area contributed by atoms with Gasteiger partial charge in [-0.2, -0.15) is 43.9 Å². The molecule has 0 spiro atoms. The lowest BCUT2D eigenvalue weighted by molar-refractivity contribution is 0.101. The van der Waals surface area contributed by atoms with E-state index in [0.29, 0.717) is 11.4 Å². The largest absolute Gasteiger partial charge is 0.505 e. The van der Waals surface area contributed by atoms with Gasteiger partial charge in [0.2, 0.25) is 0 Å². The van der Waals surface area contributed by atoms with E-state index >= 15 is 0 Å². The Kier molecular flexibility index (Phi) is 13.6. The van der Waals surface area contributed by atoms with Crippen LogP contribution in [-0.2, 0) is 40.5 Å². The van der Waals surface area contributed by atoms with E-state index in [1.54, 1.807) is 36.4 Å². The van der Waals surface area contributed by atoms with Crippen LogP contribution >= 0.6 is 0 Å². The number of carbonyl (C=O) groups is 2. The number of phenolic OH excluding ortho intramolecular Hbond substituents is 2. The topological polar surface area (TPSA) is 378 Å². The Balaban J connectivity index is 1.05. The van der Waals surface area contributed by atoms with Gasteiger partial charge in [-0.1, -0.05) is 36.4 Å². The highest BCUT2D eigenvalue weighted by atomic mass is 32.2. The van der Waals surface area contributed by atoms with Crippen molar-refractivity contribution >= 4 is 119 Å². The van der Waals surface area contributed by atoms with Crippen LogP contribution in [0.4, 0.5) is 45.5 Å². The number of phenols is 2. The highest BCUT2D eigenvalue weighted by molar-refractivity contribution is 7.86. The van der Waals surface area contributed by atoms with E-state index < -0.39 is 94.7 Å². The van der Waals surface area contributed by atoms with Gasteiger partial charge < -0.3 is 26.2 Å². The fraction of sp³-hybridized carbons (Fsp3) is 0. The lowest BCUT2D eigenvalue weighted by Gasteiger charge is -2.15. The van der Waals surface area contributed by atoms with E-state index in [9.17, 15) is 71.7 Å². The van der Waals surface area contributed by atoms with Gasteiger partial charge in [-0.15, -0.1) is 10.2 Å². The molecule has 0 atom stereocenters. The van der Waals surface area contributed by atoms with Gasteiger partial charge in [-0.05, 0) is 120 Å². The molecule has 0 bridgehead atoms. The van der Waals surface area contributed by atoms with E-state index in [-0.39, 0.29) is 55.4 Å². The van der Waals surface area contributed by atoms with Crippen LogP contribution in [0, 0.1) is 0 Å². The van der Waals surface area contributed by atoms with Crippen molar-refractivity contribution in [3.8, 4) is 11.5 Å². The van der Waals surface area contributed by atoms with Gasteiger partial charge in [-0.3, -0.25) is 27.8 Å². The van der Waals surface area contributed by atoms with Crippen molar-refractivity contribution in [2.45, 2.75) is 19.6 Å². The monoisotopic (exact) mass is 1070 g/mol. The predicted molar refractivity (Wildman–Crippen MR) is 264 cm³/mol. The smallest absolute Gasteiger partial charge is 0.296 e. The van der Waals surface area contributed by atoms with Crippen molar-refractivity contribution in [3.05, 3.63) is 157 Å². The molecule has 23 nitrogen and oxygen atoms in total. The molecule has 8 aromatic rings. The fourth-order valence-electron chi connectivity index (χ4n) is 7.17. The summed E-state index contributed by atoms with van der Waals surface area (Å²) in [5, 5.41) is 45.3. The van der Waals surface area contributed by atoms with Crippen LogP contribution in [-0.4, -0.2) is 73.9 Å². The number of carbonyl (C=O) groups excluding carboxylic acids is 2. The van der Waals surface area contributed by atoms with Crippen molar-refractivity contribution in [1.29, 1.82) is 0 Å². The molecule has 27 heteroatoms. The van der Waals surface area contributed by atoms with Gasteiger partial charge in [-0.25, -0.2) is 0 Å². The first-order chi connectivity index (χ1) is 34.3. The zero-order valence-corrected chi connectivity index (χ0v) is 39.8. The number of amides is 2. The zero-order valence-electron chi connectivity index (χ0n) is 36.5. The van der Waals surface area contributed by atoms with Gasteiger partial charge in [0, 0.05) is 33.3 Å². The molecule has 0 fully saturated rings. The third-order valence-electron chi connectivity index (χ3n) is 10.5. The molecule has 0 aliphatic heterocycles. The standard InChI is InChI=1S/C46H33N7O16S4/c54-43-39-27(19-33(70(58,59)60)23-35(39)48-45(56)25-7-3-1-4-8-25)21-37(72(64,65)66)41(43)52-50-31-15-11-29(12-16-31)47-30-13-17-32(18-14-30)51-53-42-38(73(67,68)69)22-28-20-34(71(61,62)63)24-36(40(28)44(42)55)49-46(57)26-9-5-2-6-10-26/h1-24,47,54-55H,(H,48,56)(H,49,57)(H,58,59,60)(H,61,62,63)(H,64,65,66)(H,67,68,69). The molecular weight excluding hydrogens is 1030 g/mol. The van der Waals surface area contributed by atoms with Crippen molar-refractivity contribution < 1.29 is 71.7 Å². The molecule has 0 aliphatic rings. The number of aromatic hydroxyl groups is 2. The average molecular weight is 1070 g/mol. The zero-order chi connectivity index (χ0) is 52.6. The summed E-state index contributed by atoms with van der Waals surface area (Å²) in [7, 11) is -20.3. The van der Waals surface area contributed by atoms with Gasteiger partial charge in [0.25, 0.3) is 52.3 Å². The van der Waals surface area contributed by atoms with Gasteiger partial charge in [0.05, 0.1) is 32.5 Å². The van der Waals surface area contributed by atoms with Crippen LogP contribution in [0.15, 0.2) is 186 Å². The lowest BCUT2D eigenvalue weighted by Crippen LogP contribution is -2.13. The first kappa shape index (κ1) is 50.8. The molecule has 0 unspecified atom stereocenters. The average Bonchev–Trinajstić information content (AvgIpc) is 3.33. The van der Waals surface area contributed by atoms with Crippen LogP contribution in [0.25, 0.3) is 21.5 Å². The van der Waals surface area contributed by atoms with Crippen LogP contribution in [0.5, 0.6) is 11.5 Å². The number of hydrogen-bond donors (Lipinski definition) is 9. The molecule has 0 saturated carbocycles. The summed E-state index contributed by atoms with van der Waals surface area (Å²) < 4.78 is 139. The van der Waals surface area contributed by atoms with Crippen molar-refractivity contribution in [3.63, 3.8) is 0 Å². The number of anilines is 4. The molecule has 0 aromatic heterocycles. The van der Waals surface area contributed by atoms with E-state index in [0.717, 1.165) is 36.4 Å². The van der Waals surface area contributed by atoms with E-state index in [1.165, 1.54) is 72.8 Å². The normalized spacial score (nSPS) is 12.4. The first-order valence-corrected chi connectivity index (χ1v) is 26.2. The van der Waals surface area contributed by atoms with Gasteiger partial charge in [0.15, 0.2) is 11.5 Å². The molecule has 0 aliphatic carbocycles. The lowest BCUT2D eigenvalue weighted by atomic mass is 10.1. The highest BCUT2D eigenvalue weighted by Gasteiger charge is 2.28. The number of nitrogens with one attached hydrogen (secondary N) is 3. The van der Waals surface area contributed by atoms with Crippen molar-refractivity contribution in [2.24, 2.45) is 20.5 Å². The maximum absolute atomic E-state index is 13.1. The second kappa shape index (κ2) is 19.6. The minimum absolute atomic E-state index is 0.0900. The Labute approximate surface area is 413 Å². The van der Waals surface area contributed by atoms with Crippen molar-refractivity contribution in [1.82, 2.24) is 0 Å². The van der Waals surface area contributed by atoms with Crippen molar-refractivity contribution in [2.75, 3.05) is 16.0 Å². The van der Waals surface area contributed by atoms with Gasteiger partial charge >= 0.3 is 0 Å². The molecule has 73 heavy (non-hydrogen) atoms. The third kappa shape index (κ3) is 11.3. The van der Waals surface area contributed by atoms with E-state index in [4.69, 9.17) is 0 Å². The van der Waals surface area contributed by atoms with Gasteiger partial charge in [0.1, 0.15) is 21.2 Å². The maximum atomic E-state index is 13.1. The number of fused-ring (bicyclic) bond motifs is 2. The molecule has 372 valence electrons. The Morgan fingerprint density at radius 2 is 0.753 bits per heavy atom. The summed E-state index contributed by atoms with van der Waals surface area (Å²) >= 11 is 0. The second-order valence-electron chi connectivity index (χ2n) is 15.4. The molecule has 0 radical (unpaired) electrons. The van der Waals surface area contributed by atoms with E-state index in [2.05, 4.69) is 36.4 Å². The Bertz CT molecular complexity index is 3830. The summed E-state index contributed by atoms with van der Waals surface area (Å²) in [4.78, 5) is 22.6. The van der Waals surface area contributed by atoms with Crippen LogP contribution < -0.4 is 16.0 Å². The Hall–Kier alpha value is -8.54. The second-order valence-corrected chi connectivity index (χ2v) is 21.1. The maximum Gasteiger partial charge on any atom is 0.296 e. The summed E-state index contributed by atoms with van der Waals surface area (Å²) in [6.07, 6.45) is 0. The minimum atomic E-state index is -5.20. The molecule has 2 amide bonds. The van der Waals surface area contributed by atoms with Crippen LogP contribution in [0.3, 0.4) is 0 Å². The number of benzene rings is 8. The third-order valence-corrected chi connectivity index (χ3v) is 13.9. The highest BCUT2D eigenvalue weighted by Crippen LogP contribution is 2.47. The Morgan fingerprint density at radius 3 is 1.07 bits per heavy atom. The molecule has 8 rings (SSSR count). The summed E-state index contributed by atoms with van der Waals surface area (Å²) in [6, 6.07) is 31.8. The van der Waals surface area contributed by atoms with E-state index in [1.807, 2.05) is 0 Å². The molecular formula is C46H33N7O16S4. The molecule has 9 N–H and O–H groups in total.